The Morgan fingerprint density at radius 2 is 2.21 bits per heavy atom. The van der Waals surface area contributed by atoms with Crippen LogP contribution in [0.4, 0.5) is 4.79 Å². The number of rotatable bonds is 5. The predicted octanol–water partition coefficient (Wildman–Crippen LogP) is 3.27. The van der Waals surface area contributed by atoms with E-state index in [1.54, 1.807) is 6.20 Å². The third-order valence-electron chi connectivity index (χ3n) is 2.74. The fourth-order valence-electron chi connectivity index (χ4n) is 1.90. The second-order valence-electron chi connectivity index (χ2n) is 5.79. The lowest BCUT2D eigenvalue weighted by atomic mass is 10.2. The zero-order valence-corrected chi connectivity index (χ0v) is 12.6. The van der Waals surface area contributed by atoms with Gasteiger partial charge in [-0.15, -0.1) is 0 Å². The standard InChI is InChI=1S/C14H25N3O2/c1-6-7-11(2)17-10-15-8-12(17)9-16-13(18)19-14(3,4)5/h8,10-11H,6-7,9H2,1-5H3,(H,16,18). The van der Waals surface area contributed by atoms with Crippen LogP contribution < -0.4 is 5.32 Å². The second-order valence-corrected chi connectivity index (χ2v) is 5.79. The van der Waals surface area contributed by atoms with Crippen LogP contribution in [0.3, 0.4) is 0 Å². The number of carbonyl (C=O) groups is 1. The minimum absolute atomic E-state index is 0.392. The van der Waals surface area contributed by atoms with Crippen molar-refractivity contribution < 1.29 is 9.53 Å². The van der Waals surface area contributed by atoms with Crippen molar-refractivity contribution in [3.63, 3.8) is 0 Å². The van der Waals surface area contributed by atoms with E-state index in [0.29, 0.717) is 12.6 Å². The molecule has 1 amide bonds. The number of imidazole rings is 1. The fourth-order valence-corrected chi connectivity index (χ4v) is 1.90. The first-order chi connectivity index (χ1) is 8.83. The molecule has 5 heteroatoms. The Morgan fingerprint density at radius 1 is 1.53 bits per heavy atom. The molecule has 0 saturated heterocycles. The number of amides is 1. The van der Waals surface area contributed by atoms with Gasteiger partial charge in [-0.2, -0.15) is 0 Å². The largest absolute Gasteiger partial charge is 0.444 e. The summed E-state index contributed by atoms with van der Waals surface area (Å²) in [6, 6.07) is 0.392. The minimum atomic E-state index is -0.472. The van der Waals surface area contributed by atoms with Crippen LogP contribution in [0.5, 0.6) is 0 Å². The lowest BCUT2D eigenvalue weighted by molar-refractivity contribution is 0.0522. The molecule has 0 aromatic carbocycles. The van der Waals surface area contributed by atoms with Crippen molar-refractivity contribution in [2.75, 3.05) is 0 Å². The van der Waals surface area contributed by atoms with Crippen LogP contribution in [-0.2, 0) is 11.3 Å². The Balaban J connectivity index is 2.54. The lowest BCUT2D eigenvalue weighted by Gasteiger charge is -2.20. The van der Waals surface area contributed by atoms with Crippen LogP contribution in [0.1, 0.15) is 59.2 Å². The first-order valence-corrected chi connectivity index (χ1v) is 6.81. The maximum absolute atomic E-state index is 11.6. The maximum Gasteiger partial charge on any atom is 0.407 e. The van der Waals surface area contributed by atoms with E-state index in [0.717, 1.165) is 18.5 Å². The Hall–Kier alpha value is -1.52. The average Bonchev–Trinajstić information content (AvgIpc) is 2.72. The zero-order chi connectivity index (χ0) is 14.5. The molecule has 0 spiro atoms. The summed E-state index contributed by atoms with van der Waals surface area (Å²) in [5.41, 5.74) is 0.520. The van der Waals surface area contributed by atoms with Gasteiger partial charge in [0.25, 0.3) is 0 Å². The van der Waals surface area contributed by atoms with Crippen molar-refractivity contribution in [3.05, 3.63) is 18.2 Å². The topological polar surface area (TPSA) is 56.2 Å². The number of aromatic nitrogens is 2. The highest BCUT2D eigenvalue weighted by Gasteiger charge is 2.16. The summed E-state index contributed by atoms with van der Waals surface area (Å²) >= 11 is 0. The van der Waals surface area contributed by atoms with Gasteiger partial charge in [0.1, 0.15) is 5.60 Å². The smallest absolute Gasteiger partial charge is 0.407 e. The molecule has 0 aliphatic carbocycles. The van der Waals surface area contributed by atoms with E-state index in [9.17, 15) is 4.79 Å². The highest BCUT2D eigenvalue weighted by atomic mass is 16.6. The van der Waals surface area contributed by atoms with Gasteiger partial charge in [0.05, 0.1) is 18.6 Å². The van der Waals surface area contributed by atoms with Gasteiger partial charge in [0.15, 0.2) is 0 Å². The molecule has 0 radical (unpaired) electrons. The maximum atomic E-state index is 11.6. The molecule has 1 rings (SSSR count). The molecule has 0 aliphatic heterocycles. The summed E-state index contributed by atoms with van der Waals surface area (Å²) in [6.45, 7) is 10.3. The molecule has 0 bridgehead atoms. The van der Waals surface area contributed by atoms with Crippen molar-refractivity contribution in [2.24, 2.45) is 0 Å². The third kappa shape index (κ3) is 5.32. The number of nitrogens with zero attached hydrogens (tertiary/aromatic N) is 2. The van der Waals surface area contributed by atoms with Gasteiger partial charge in [-0.05, 0) is 34.1 Å². The normalized spacial score (nSPS) is 13.1. The summed E-state index contributed by atoms with van der Waals surface area (Å²) in [5, 5.41) is 2.76. The highest BCUT2D eigenvalue weighted by molar-refractivity contribution is 5.67. The molecule has 19 heavy (non-hydrogen) atoms. The van der Waals surface area contributed by atoms with Crippen molar-refractivity contribution in [2.45, 2.75) is 65.6 Å². The SMILES string of the molecule is CCCC(C)n1cncc1CNC(=O)OC(C)(C)C. The molecule has 5 nitrogen and oxygen atoms in total. The van der Waals surface area contributed by atoms with Gasteiger partial charge < -0.3 is 14.6 Å². The van der Waals surface area contributed by atoms with Gasteiger partial charge in [0.2, 0.25) is 0 Å². The Kier molecular flexibility index (Phi) is 5.39. The van der Waals surface area contributed by atoms with Gasteiger partial charge in [-0.1, -0.05) is 13.3 Å². The van der Waals surface area contributed by atoms with Gasteiger partial charge in [-0.25, -0.2) is 9.78 Å². The highest BCUT2D eigenvalue weighted by Crippen LogP contribution is 2.15. The minimum Gasteiger partial charge on any atom is -0.444 e. The second kappa shape index (κ2) is 6.59. The van der Waals surface area contributed by atoms with E-state index < -0.39 is 11.7 Å². The Morgan fingerprint density at radius 3 is 2.79 bits per heavy atom. The van der Waals surface area contributed by atoms with E-state index in [1.807, 2.05) is 27.1 Å². The first-order valence-electron chi connectivity index (χ1n) is 6.81. The summed E-state index contributed by atoms with van der Waals surface area (Å²) in [4.78, 5) is 15.7. The number of hydrogen-bond donors (Lipinski definition) is 1. The average molecular weight is 267 g/mol. The van der Waals surface area contributed by atoms with Crippen molar-refractivity contribution in [1.29, 1.82) is 0 Å². The van der Waals surface area contributed by atoms with E-state index >= 15 is 0 Å². The van der Waals surface area contributed by atoms with Gasteiger partial charge >= 0.3 is 6.09 Å². The molecular weight excluding hydrogens is 242 g/mol. The van der Waals surface area contributed by atoms with Crippen LogP contribution >= 0.6 is 0 Å². The zero-order valence-electron chi connectivity index (χ0n) is 12.6. The summed E-state index contributed by atoms with van der Waals surface area (Å²) in [7, 11) is 0. The van der Waals surface area contributed by atoms with Crippen molar-refractivity contribution >= 4 is 6.09 Å². The molecule has 108 valence electrons. The lowest BCUT2D eigenvalue weighted by Crippen LogP contribution is -2.32. The summed E-state index contributed by atoms with van der Waals surface area (Å²) in [5.74, 6) is 0. The number of nitrogens with one attached hydrogen (secondary N) is 1. The quantitative estimate of drug-likeness (QED) is 0.890. The molecule has 1 aromatic rings. The Bertz CT molecular complexity index is 407. The van der Waals surface area contributed by atoms with Crippen molar-refractivity contribution in [3.8, 4) is 0 Å². The molecule has 0 fully saturated rings. The summed E-state index contributed by atoms with van der Waals surface area (Å²) in [6.07, 6.45) is 5.41. The Labute approximate surface area is 115 Å². The molecule has 0 aliphatic rings. The van der Waals surface area contributed by atoms with Crippen LogP contribution in [0.25, 0.3) is 0 Å². The molecule has 1 heterocycles. The van der Waals surface area contributed by atoms with Gasteiger partial charge in [-0.3, -0.25) is 0 Å². The van der Waals surface area contributed by atoms with E-state index in [4.69, 9.17) is 4.74 Å². The van der Waals surface area contributed by atoms with Crippen LogP contribution in [0.15, 0.2) is 12.5 Å². The van der Waals surface area contributed by atoms with Crippen LogP contribution in [-0.4, -0.2) is 21.2 Å². The summed E-state index contributed by atoms with van der Waals surface area (Å²) < 4.78 is 7.30. The predicted molar refractivity (Wildman–Crippen MR) is 74.9 cm³/mol. The molecule has 0 saturated carbocycles. The molecule has 1 atom stereocenters. The number of alkyl carbamates (subject to hydrolysis) is 1. The fraction of sp³-hybridized carbons (Fsp3) is 0.714. The van der Waals surface area contributed by atoms with E-state index in [2.05, 4.69) is 28.7 Å². The van der Waals surface area contributed by atoms with Crippen LogP contribution in [0.2, 0.25) is 0 Å². The number of ether oxygens (including phenoxy) is 1. The molecule has 1 unspecified atom stereocenters. The third-order valence-corrected chi connectivity index (χ3v) is 2.74. The van der Waals surface area contributed by atoms with Gasteiger partial charge in [0, 0.05) is 12.2 Å². The monoisotopic (exact) mass is 267 g/mol. The number of hydrogen-bond acceptors (Lipinski definition) is 3. The molecule has 1 N–H and O–H groups in total. The molecular formula is C14H25N3O2. The van der Waals surface area contributed by atoms with Crippen LogP contribution in [0, 0.1) is 0 Å². The van der Waals surface area contributed by atoms with E-state index in [-0.39, 0.29) is 0 Å². The van der Waals surface area contributed by atoms with E-state index in [1.165, 1.54) is 0 Å². The molecule has 1 aromatic heterocycles. The first kappa shape index (κ1) is 15.5. The van der Waals surface area contributed by atoms with Crippen molar-refractivity contribution in [1.82, 2.24) is 14.9 Å². The number of carbonyl (C=O) groups excluding carboxylic acids is 1.